The molecule has 4 heterocycles. The predicted octanol–water partition coefficient (Wildman–Crippen LogP) is 5.41. The topological polar surface area (TPSA) is 83.8 Å². The summed E-state index contributed by atoms with van der Waals surface area (Å²) < 4.78 is 5.57. The molecule has 0 aliphatic rings. The molecular weight excluding hydrogens is 400 g/mol. The lowest BCUT2D eigenvalue weighted by atomic mass is 10.0. The summed E-state index contributed by atoms with van der Waals surface area (Å²) in [5.41, 5.74) is 4.33. The summed E-state index contributed by atoms with van der Waals surface area (Å²) in [4.78, 5) is 25.2. The van der Waals surface area contributed by atoms with Crippen LogP contribution in [0.25, 0.3) is 22.2 Å². The number of aromatic amines is 1. The molecule has 158 valence electrons. The maximum Gasteiger partial charge on any atom is 0.244 e. The summed E-state index contributed by atoms with van der Waals surface area (Å²) in [7, 11) is 0. The highest BCUT2D eigenvalue weighted by Gasteiger charge is 2.21. The molecule has 0 unspecified atom stereocenters. The lowest BCUT2D eigenvalue weighted by Gasteiger charge is -2.08. The lowest BCUT2D eigenvalue weighted by molar-refractivity contribution is 0.100. The second-order valence-electron chi connectivity index (χ2n) is 7.59. The van der Waals surface area contributed by atoms with E-state index >= 15 is 0 Å². The van der Waals surface area contributed by atoms with Crippen LogP contribution in [0.2, 0.25) is 0 Å². The van der Waals surface area contributed by atoms with Crippen molar-refractivity contribution in [2.45, 2.75) is 13.3 Å². The third-order valence-electron chi connectivity index (χ3n) is 5.41. The smallest absolute Gasteiger partial charge is 0.244 e. The number of nitrogens with zero attached hydrogens (tertiary/aromatic N) is 2. The van der Waals surface area contributed by atoms with Crippen molar-refractivity contribution in [1.29, 1.82) is 0 Å². The number of H-pyrrole nitrogens is 1. The molecule has 6 heteroatoms. The zero-order valence-electron chi connectivity index (χ0n) is 17.6. The van der Waals surface area contributed by atoms with Crippen molar-refractivity contribution in [1.82, 2.24) is 15.0 Å². The minimum atomic E-state index is -0.137. The summed E-state index contributed by atoms with van der Waals surface area (Å²) in [6, 6.07) is 21.2. The van der Waals surface area contributed by atoms with Crippen molar-refractivity contribution in [3.8, 4) is 11.3 Å². The first-order chi connectivity index (χ1) is 15.7. The van der Waals surface area contributed by atoms with Crippen molar-refractivity contribution in [3.63, 3.8) is 0 Å². The number of benzene rings is 1. The molecule has 5 aromatic rings. The number of ketones is 1. The molecule has 6 nitrogen and oxygen atoms in total. The van der Waals surface area contributed by atoms with E-state index in [2.05, 4.69) is 20.3 Å². The number of furan rings is 1. The minimum Gasteiger partial charge on any atom is -0.458 e. The highest BCUT2D eigenvalue weighted by atomic mass is 16.3. The maximum atomic E-state index is 13.1. The van der Waals surface area contributed by atoms with Crippen LogP contribution in [0.5, 0.6) is 0 Å². The number of pyridine rings is 2. The van der Waals surface area contributed by atoms with Crippen LogP contribution in [0.1, 0.15) is 27.6 Å². The molecule has 32 heavy (non-hydrogen) atoms. The van der Waals surface area contributed by atoms with Gasteiger partial charge in [-0.25, -0.2) is 4.98 Å². The molecule has 0 fully saturated rings. The average Bonchev–Trinajstić information content (AvgIpc) is 3.43. The molecule has 0 aliphatic carbocycles. The SMILES string of the molecule is Cc1ccc(C(=O)c2[nH]c3ccccc3c2CCNc2ccc(-c3ccccn3)cn2)o1. The Kier molecular flexibility index (Phi) is 5.25. The largest absolute Gasteiger partial charge is 0.458 e. The van der Waals surface area contributed by atoms with Gasteiger partial charge in [0.2, 0.25) is 5.78 Å². The van der Waals surface area contributed by atoms with Gasteiger partial charge in [-0.15, -0.1) is 0 Å². The molecule has 0 bridgehead atoms. The first kappa shape index (κ1) is 19.8. The van der Waals surface area contributed by atoms with Crippen molar-refractivity contribution < 1.29 is 9.21 Å². The lowest BCUT2D eigenvalue weighted by Crippen LogP contribution is -2.10. The second kappa shape index (κ2) is 8.51. The fraction of sp³-hybridized carbons (Fsp3) is 0.115. The van der Waals surface area contributed by atoms with Crippen LogP contribution >= 0.6 is 0 Å². The molecule has 5 rings (SSSR count). The van der Waals surface area contributed by atoms with Gasteiger partial charge in [-0.3, -0.25) is 9.78 Å². The molecule has 0 saturated carbocycles. The molecule has 0 amide bonds. The summed E-state index contributed by atoms with van der Waals surface area (Å²) in [6.45, 7) is 2.47. The molecule has 0 aliphatic heterocycles. The van der Waals surface area contributed by atoms with Gasteiger partial charge in [0.05, 0.1) is 11.4 Å². The van der Waals surface area contributed by atoms with Gasteiger partial charge >= 0.3 is 0 Å². The van der Waals surface area contributed by atoms with E-state index in [0.717, 1.165) is 33.5 Å². The van der Waals surface area contributed by atoms with E-state index in [1.54, 1.807) is 18.3 Å². The summed E-state index contributed by atoms with van der Waals surface area (Å²) in [5.74, 6) is 1.70. The van der Waals surface area contributed by atoms with E-state index < -0.39 is 0 Å². The Morgan fingerprint density at radius 1 is 1.00 bits per heavy atom. The maximum absolute atomic E-state index is 13.1. The van der Waals surface area contributed by atoms with E-state index in [1.807, 2.05) is 67.7 Å². The predicted molar refractivity (Wildman–Crippen MR) is 125 cm³/mol. The van der Waals surface area contributed by atoms with Crippen LogP contribution in [0.15, 0.2) is 83.5 Å². The van der Waals surface area contributed by atoms with Crippen LogP contribution < -0.4 is 5.32 Å². The average molecular weight is 422 g/mol. The number of aromatic nitrogens is 3. The van der Waals surface area contributed by atoms with Gasteiger partial charge in [0.25, 0.3) is 0 Å². The van der Waals surface area contributed by atoms with Gasteiger partial charge in [-0.05, 0) is 61.4 Å². The van der Waals surface area contributed by atoms with Gasteiger partial charge in [0.15, 0.2) is 5.76 Å². The summed E-state index contributed by atoms with van der Waals surface area (Å²) in [6.07, 6.45) is 4.24. The zero-order valence-corrected chi connectivity index (χ0v) is 17.6. The van der Waals surface area contributed by atoms with Crippen molar-refractivity contribution in [2.24, 2.45) is 0 Å². The normalized spacial score (nSPS) is 11.0. The van der Waals surface area contributed by atoms with Crippen LogP contribution in [0.4, 0.5) is 5.82 Å². The second-order valence-corrected chi connectivity index (χ2v) is 7.59. The molecule has 4 aromatic heterocycles. The van der Waals surface area contributed by atoms with Gasteiger partial charge in [-0.2, -0.15) is 0 Å². The van der Waals surface area contributed by atoms with Crippen molar-refractivity contribution >= 4 is 22.5 Å². The number of para-hydroxylation sites is 1. The van der Waals surface area contributed by atoms with Crippen LogP contribution in [0, 0.1) is 6.92 Å². The van der Waals surface area contributed by atoms with Gasteiger partial charge in [0.1, 0.15) is 11.6 Å². The molecule has 2 N–H and O–H groups in total. The highest BCUT2D eigenvalue weighted by Crippen LogP contribution is 2.26. The highest BCUT2D eigenvalue weighted by molar-refractivity contribution is 6.10. The standard InChI is InChI=1S/C26H22N4O2/c1-17-9-11-23(32-17)26(31)25-20(19-6-2-3-8-22(19)30-25)13-15-28-24-12-10-18(16-29-24)21-7-4-5-14-27-21/h2-12,14,16,30H,13,15H2,1H3,(H,28,29). The van der Waals surface area contributed by atoms with E-state index in [-0.39, 0.29) is 5.78 Å². The Morgan fingerprint density at radius 2 is 1.88 bits per heavy atom. The number of hydrogen-bond donors (Lipinski definition) is 2. The molecule has 0 radical (unpaired) electrons. The first-order valence-electron chi connectivity index (χ1n) is 10.5. The fourth-order valence-corrected chi connectivity index (χ4v) is 3.83. The van der Waals surface area contributed by atoms with E-state index in [0.29, 0.717) is 30.2 Å². The van der Waals surface area contributed by atoms with Crippen LogP contribution in [0.3, 0.4) is 0 Å². The summed E-state index contributed by atoms with van der Waals surface area (Å²) in [5, 5.41) is 4.40. The molecule has 0 saturated heterocycles. The molecule has 0 spiro atoms. The van der Waals surface area contributed by atoms with E-state index in [1.165, 1.54) is 0 Å². The van der Waals surface area contributed by atoms with Crippen LogP contribution in [-0.2, 0) is 6.42 Å². The van der Waals surface area contributed by atoms with Gasteiger partial charge in [-0.1, -0.05) is 24.3 Å². The van der Waals surface area contributed by atoms with Crippen molar-refractivity contribution in [2.75, 3.05) is 11.9 Å². The Labute approximate surface area is 185 Å². The molecular formula is C26H22N4O2. The Bertz CT molecular complexity index is 1370. The third-order valence-corrected chi connectivity index (χ3v) is 5.41. The fourth-order valence-electron chi connectivity index (χ4n) is 3.83. The van der Waals surface area contributed by atoms with Crippen molar-refractivity contribution in [3.05, 3.63) is 102 Å². The number of anilines is 1. The number of nitrogens with one attached hydrogen (secondary N) is 2. The number of aryl methyl sites for hydroxylation is 1. The number of carbonyl (C=O) groups is 1. The Hall–Kier alpha value is -4.19. The Balaban J connectivity index is 1.34. The minimum absolute atomic E-state index is 0.137. The van der Waals surface area contributed by atoms with Crippen LogP contribution in [-0.4, -0.2) is 27.3 Å². The van der Waals surface area contributed by atoms with E-state index in [4.69, 9.17) is 4.42 Å². The van der Waals surface area contributed by atoms with E-state index in [9.17, 15) is 4.79 Å². The summed E-state index contributed by atoms with van der Waals surface area (Å²) >= 11 is 0. The quantitative estimate of drug-likeness (QED) is 0.343. The molecule has 1 aromatic carbocycles. The third kappa shape index (κ3) is 3.90. The number of hydrogen-bond acceptors (Lipinski definition) is 5. The Morgan fingerprint density at radius 3 is 2.62 bits per heavy atom. The number of carbonyl (C=O) groups excluding carboxylic acids is 1. The first-order valence-corrected chi connectivity index (χ1v) is 10.5. The van der Waals surface area contributed by atoms with Gasteiger partial charge in [0, 0.05) is 35.4 Å². The number of fused-ring (bicyclic) bond motifs is 1. The zero-order chi connectivity index (χ0) is 21.9. The monoisotopic (exact) mass is 422 g/mol. The number of rotatable bonds is 7. The van der Waals surface area contributed by atoms with Gasteiger partial charge < -0.3 is 14.7 Å². The molecule has 0 atom stereocenters.